The van der Waals surface area contributed by atoms with Gasteiger partial charge in [-0.05, 0) is 44.6 Å². The van der Waals surface area contributed by atoms with Crippen LogP contribution in [-0.4, -0.2) is 47.0 Å². The highest BCUT2D eigenvalue weighted by molar-refractivity contribution is 7.85. The standard InChI is InChI=1S/C16H21Cl2NO2S.ClH/c1-19(2)8-9-22(21)11-15(20)16(6-3-7-16)12-4-5-13(17)14(18)10-12;/h4-5,10H,3,6-9,11H2,1-2H3;1H. The first kappa shape index (κ1) is 20.9. The Morgan fingerprint density at radius 3 is 2.39 bits per heavy atom. The second kappa shape index (κ2) is 8.82. The molecule has 0 heterocycles. The summed E-state index contributed by atoms with van der Waals surface area (Å²) in [5.74, 6) is 0.707. The summed E-state index contributed by atoms with van der Waals surface area (Å²) in [7, 11) is 2.75. The number of benzene rings is 1. The number of rotatable bonds is 7. The van der Waals surface area contributed by atoms with Crippen molar-refractivity contribution in [3.8, 4) is 0 Å². The summed E-state index contributed by atoms with van der Waals surface area (Å²) in [6.07, 6.45) is 2.61. The molecule has 0 bridgehead atoms. The maximum absolute atomic E-state index is 12.7. The highest BCUT2D eigenvalue weighted by Crippen LogP contribution is 2.45. The van der Waals surface area contributed by atoms with Gasteiger partial charge in [0.15, 0.2) is 5.78 Å². The Bertz CT molecular complexity index is 589. The average Bonchev–Trinajstić information content (AvgIpc) is 2.39. The zero-order valence-electron chi connectivity index (χ0n) is 13.3. The van der Waals surface area contributed by atoms with Gasteiger partial charge < -0.3 is 4.90 Å². The van der Waals surface area contributed by atoms with Crippen LogP contribution in [0.1, 0.15) is 24.8 Å². The van der Waals surface area contributed by atoms with E-state index in [0.29, 0.717) is 15.8 Å². The number of ketones is 1. The van der Waals surface area contributed by atoms with Crippen LogP contribution in [0.2, 0.25) is 10.0 Å². The van der Waals surface area contributed by atoms with Crippen molar-refractivity contribution in [2.45, 2.75) is 24.7 Å². The van der Waals surface area contributed by atoms with E-state index in [9.17, 15) is 9.00 Å². The van der Waals surface area contributed by atoms with Crippen molar-refractivity contribution in [2.24, 2.45) is 0 Å². The summed E-state index contributed by atoms with van der Waals surface area (Å²) in [5.41, 5.74) is 0.393. The van der Waals surface area contributed by atoms with E-state index in [2.05, 4.69) is 0 Å². The van der Waals surface area contributed by atoms with E-state index in [1.807, 2.05) is 25.1 Å². The highest BCUT2D eigenvalue weighted by atomic mass is 35.5. The molecule has 1 aromatic rings. The molecule has 3 nitrogen and oxygen atoms in total. The van der Waals surface area contributed by atoms with Crippen LogP contribution >= 0.6 is 35.6 Å². The number of nitrogens with zero attached hydrogens (tertiary/aromatic N) is 1. The van der Waals surface area contributed by atoms with Gasteiger partial charge in [0.2, 0.25) is 0 Å². The summed E-state index contributed by atoms with van der Waals surface area (Å²) < 4.78 is 12.1. The monoisotopic (exact) mass is 397 g/mol. The lowest BCUT2D eigenvalue weighted by atomic mass is 9.62. The van der Waals surface area contributed by atoms with E-state index in [-0.39, 0.29) is 23.9 Å². The lowest BCUT2D eigenvalue weighted by Crippen LogP contribution is -2.45. The topological polar surface area (TPSA) is 37.4 Å². The maximum Gasteiger partial charge on any atom is 0.155 e. The number of hydrogen-bond acceptors (Lipinski definition) is 3. The van der Waals surface area contributed by atoms with Gasteiger partial charge in [-0.2, -0.15) is 0 Å². The summed E-state index contributed by atoms with van der Waals surface area (Å²) in [6.45, 7) is 0.722. The van der Waals surface area contributed by atoms with Crippen LogP contribution in [0, 0.1) is 0 Å². The van der Waals surface area contributed by atoms with Crippen LogP contribution in [0.25, 0.3) is 0 Å². The summed E-state index contributed by atoms with van der Waals surface area (Å²) in [4.78, 5) is 14.7. The van der Waals surface area contributed by atoms with Gasteiger partial charge in [0.1, 0.15) is 0 Å². The van der Waals surface area contributed by atoms with E-state index in [0.717, 1.165) is 31.4 Å². The van der Waals surface area contributed by atoms with Crippen molar-refractivity contribution in [3.05, 3.63) is 33.8 Å². The molecule has 1 fully saturated rings. The molecule has 0 saturated heterocycles. The second-order valence-corrected chi connectivity index (χ2v) is 8.47. The third kappa shape index (κ3) is 4.93. The quantitative estimate of drug-likeness (QED) is 0.702. The minimum atomic E-state index is -1.12. The molecule has 1 atom stereocenters. The molecule has 0 aliphatic heterocycles. The van der Waals surface area contributed by atoms with Crippen molar-refractivity contribution in [2.75, 3.05) is 32.1 Å². The fourth-order valence-corrected chi connectivity index (χ4v) is 4.27. The van der Waals surface area contributed by atoms with Gasteiger partial charge in [-0.15, -0.1) is 12.4 Å². The summed E-state index contributed by atoms with van der Waals surface area (Å²) in [6, 6.07) is 5.38. The first-order valence-corrected chi connectivity index (χ1v) is 9.58. The molecule has 0 amide bonds. The van der Waals surface area contributed by atoms with Gasteiger partial charge in [-0.3, -0.25) is 9.00 Å². The van der Waals surface area contributed by atoms with Gasteiger partial charge in [0, 0.05) is 23.1 Å². The van der Waals surface area contributed by atoms with Crippen LogP contribution in [0.15, 0.2) is 18.2 Å². The van der Waals surface area contributed by atoms with Crippen molar-refractivity contribution in [3.63, 3.8) is 0 Å². The molecule has 1 unspecified atom stereocenters. The van der Waals surface area contributed by atoms with Crippen LogP contribution in [0.4, 0.5) is 0 Å². The second-order valence-electron chi connectivity index (χ2n) is 6.08. The number of carbonyl (C=O) groups is 1. The lowest BCUT2D eigenvalue weighted by Gasteiger charge is -2.41. The van der Waals surface area contributed by atoms with Gasteiger partial charge in [0.05, 0.1) is 21.2 Å². The molecule has 1 saturated carbocycles. The Balaban J connectivity index is 0.00000264. The molecule has 0 spiro atoms. The third-order valence-corrected chi connectivity index (χ3v) is 6.23. The normalized spacial score (nSPS) is 17.3. The number of Topliss-reactive ketones (excluding diaryl/α,β-unsaturated/α-hetero) is 1. The number of halogens is 3. The van der Waals surface area contributed by atoms with Crippen LogP contribution in [-0.2, 0) is 21.0 Å². The van der Waals surface area contributed by atoms with Gasteiger partial charge in [0.25, 0.3) is 0 Å². The van der Waals surface area contributed by atoms with Gasteiger partial charge >= 0.3 is 0 Å². The smallest absolute Gasteiger partial charge is 0.155 e. The average molecular weight is 399 g/mol. The molecule has 130 valence electrons. The van der Waals surface area contributed by atoms with Crippen molar-refractivity contribution >= 4 is 52.2 Å². The van der Waals surface area contributed by atoms with Crippen molar-refractivity contribution in [1.29, 1.82) is 0 Å². The van der Waals surface area contributed by atoms with Crippen LogP contribution < -0.4 is 0 Å². The fourth-order valence-electron chi connectivity index (χ4n) is 2.69. The molecule has 0 N–H and O–H groups in total. The van der Waals surface area contributed by atoms with Gasteiger partial charge in [-0.1, -0.05) is 35.7 Å². The molecule has 1 aliphatic rings. The Morgan fingerprint density at radius 2 is 1.91 bits per heavy atom. The molecule has 7 heteroatoms. The Morgan fingerprint density at radius 1 is 1.26 bits per heavy atom. The molecular weight excluding hydrogens is 377 g/mol. The molecule has 1 aromatic carbocycles. The molecule has 0 radical (unpaired) electrons. The molecule has 0 aromatic heterocycles. The molecule has 2 rings (SSSR count). The van der Waals surface area contributed by atoms with Crippen LogP contribution in [0.3, 0.4) is 0 Å². The lowest BCUT2D eigenvalue weighted by molar-refractivity contribution is -0.125. The molecular formula is C16H22Cl3NO2S. The minimum absolute atomic E-state index is 0. The maximum atomic E-state index is 12.7. The zero-order valence-corrected chi connectivity index (χ0v) is 16.5. The first-order valence-electron chi connectivity index (χ1n) is 7.34. The Kier molecular flexibility index (Phi) is 8.02. The highest BCUT2D eigenvalue weighted by Gasteiger charge is 2.45. The predicted molar refractivity (Wildman–Crippen MR) is 101 cm³/mol. The predicted octanol–water partition coefficient (Wildman–Crippen LogP) is 3.72. The first-order chi connectivity index (χ1) is 10.3. The SMILES string of the molecule is CN(C)CCS(=O)CC(=O)C1(c2ccc(Cl)c(Cl)c2)CCC1.Cl. The Hall–Kier alpha value is -0.130. The number of hydrogen-bond donors (Lipinski definition) is 0. The van der Waals surface area contributed by atoms with Crippen molar-refractivity contribution in [1.82, 2.24) is 4.90 Å². The van der Waals surface area contributed by atoms with E-state index in [1.165, 1.54) is 0 Å². The van der Waals surface area contributed by atoms with E-state index in [1.54, 1.807) is 12.1 Å². The van der Waals surface area contributed by atoms with Gasteiger partial charge in [-0.25, -0.2) is 0 Å². The largest absolute Gasteiger partial charge is 0.308 e. The zero-order chi connectivity index (χ0) is 16.3. The number of carbonyl (C=O) groups excluding carboxylic acids is 1. The summed E-state index contributed by atoms with van der Waals surface area (Å²) in [5, 5.41) is 0.953. The molecule has 1 aliphatic carbocycles. The fraction of sp³-hybridized carbons (Fsp3) is 0.562. The minimum Gasteiger partial charge on any atom is -0.308 e. The van der Waals surface area contributed by atoms with E-state index in [4.69, 9.17) is 23.2 Å². The Labute approximate surface area is 156 Å². The van der Waals surface area contributed by atoms with Crippen molar-refractivity contribution < 1.29 is 9.00 Å². The summed E-state index contributed by atoms with van der Waals surface area (Å²) >= 11 is 12.0. The van der Waals surface area contributed by atoms with Crippen LogP contribution in [0.5, 0.6) is 0 Å². The third-order valence-electron chi connectivity index (χ3n) is 4.27. The van der Waals surface area contributed by atoms with E-state index < -0.39 is 16.2 Å². The van der Waals surface area contributed by atoms with E-state index >= 15 is 0 Å². The molecule has 23 heavy (non-hydrogen) atoms.